The van der Waals surface area contributed by atoms with Crippen LogP contribution in [0, 0.1) is 3.57 Å². The van der Waals surface area contributed by atoms with E-state index in [9.17, 15) is 0 Å². The van der Waals surface area contributed by atoms with E-state index in [1.54, 1.807) is 11.3 Å². The first-order valence-corrected chi connectivity index (χ1v) is 7.10. The molecule has 1 aromatic heterocycles. The van der Waals surface area contributed by atoms with Crippen LogP contribution in [0.5, 0.6) is 0 Å². The lowest BCUT2D eigenvalue weighted by Crippen LogP contribution is -1.77. The first-order chi connectivity index (χ1) is 6.24. The summed E-state index contributed by atoms with van der Waals surface area (Å²) in [6.07, 6.45) is 0. The molecule has 2 aromatic rings. The monoisotopic (exact) mass is 386 g/mol. The predicted octanol–water partition coefficient (Wildman–Crippen LogP) is 5.05. The number of rotatable bonds is 1. The Hall–Kier alpha value is 0.680. The van der Waals surface area contributed by atoms with E-state index in [1.807, 2.05) is 6.07 Å². The van der Waals surface area contributed by atoms with Gasteiger partial charge in [-0.15, -0.1) is 11.3 Å². The third-order valence-electron chi connectivity index (χ3n) is 1.84. The van der Waals surface area contributed by atoms with Crippen LogP contribution < -0.4 is 0 Å². The van der Waals surface area contributed by atoms with Gasteiger partial charge < -0.3 is 0 Å². The van der Waals surface area contributed by atoms with Crippen molar-refractivity contribution in [3.05, 3.63) is 31.7 Å². The van der Waals surface area contributed by atoms with Gasteiger partial charge >= 0.3 is 0 Å². The van der Waals surface area contributed by atoms with Crippen LogP contribution in [0.15, 0.2) is 17.5 Å². The molecule has 0 saturated heterocycles. The van der Waals surface area contributed by atoms with Crippen LogP contribution in [0.2, 0.25) is 5.02 Å². The van der Waals surface area contributed by atoms with Gasteiger partial charge in [-0.25, -0.2) is 0 Å². The SMILES string of the molecule is Clc1ccc(I)c2scc(CBr)c12. The van der Waals surface area contributed by atoms with E-state index in [2.05, 4.69) is 50.0 Å². The van der Waals surface area contributed by atoms with Gasteiger partial charge in [-0.1, -0.05) is 27.5 Å². The molecule has 1 aromatic carbocycles. The molecule has 0 aliphatic rings. The van der Waals surface area contributed by atoms with Gasteiger partial charge in [-0.2, -0.15) is 0 Å². The molecule has 4 heteroatoms. The quantitative estimate of drug-likeness (QED) is 0.474. The molecule has 2 rings (SSSR count). The lowest BCUT2D eigenvalue weighted by atomic mass is 10.2. The molecular formula is C9H5BrClIS. The summed E-state index contributed by atoms with van der Waals surface area (Å²) in [6, 6.07) is 4.02. The Morgan fingerprint density at radius 1 is 1.46 bits per heavy atom. The highest BCUT2D eigenvalue weighted by atomic mass is 127. The maximum Gasteiger partial charge on any atom is 0.0496 e. The van der Waals surface area contributed by atoms with Crippen molar-refractivity contribution in [3.63, 3.8) is 0 Å². The number of hydrogen-bond acceptors (Lipinski definition) is 1. The second kappa shape index (κ2) is 4.04. The Morgan fingerprint density at radius 3 is 2.92 bits per heavy atom. The molecule has 0 fully saturated rings. The van der Waals surface area contributed by atoms with E-state index in [4.69, 9.17) is 11.6 Å². The van der Waals surface area contributed by atoms with Gasteiger partial charge in [0.25, 0.3) is 0 Å². The van der Waals surface area contributed by atoms with Crippen molar-refractivity contribution in [2.24, 2.45) is 0 Å². The Morgan fingerprint density at radius 2 is 2.23 bits per heavy atom. The van der Waals surface area contributed by atoms with Gasteiger partial charge in [0.1, 0.15) is 0 Å². The number of fused-ring (bicyclic) bond motifs is 1. The van der Waals surface area contributed by atoms with Gasteiger partial charge in [0.05, 0.1) is 0 Å². The fraction of sp³-hybridized carbons (Fsp3) is 0.111. The highest BCUT2D eigenvalue weighted by Crippen LogP contribution is 2.36. The summed E-state index contributed by atoms with van der Waals surface area (Å²) in [5.74, 6) is 0. The average Bonchev–Trinajstić information content (AvgIpc) is 2.56. The minimum Gasteiger partial charge on any atom is -0.142 e. The first kappa shape index (κ1) is 10.2. The molecule has 0 amide bonds. The van der Waals surface area contributed by atoms with E-state index < -0.39 is 0 Å². The summed E-state index contributed by atoms with van der Waals surface area (Å²) >= 11 is 13.7. The van der Waals surface area contributed by atoms with Crippen LogP contribution >= 0.6 is 61.5 Å². The molecule has 0 bridgehead atoms. The second-order valence-electron chi connectivity index (χ2n) is 2.63. The zero-order chi connectivity index (χ0) is 9.42. The number of hydrogen-bond donors (Lipinski definition) is 0. The molecule has 13 heavy (non-hydrogen) atoms. The summed E-state index contributed by atoms with van der Waals surface area (Å²) < 4.78 is 2.57. The van der Waals surface area contributed by atoms with Crippen LogP contribution in [0.3, 0.4) is 0 Å². The summed E-state index contributed by atoms with van der Waals surface area (Å²) in [6.45, 7) is 0. The van der Waals surface area contributed by atoms with E-state index in [1.165, 1.54) is 19.2 Å². The lowest BCUT2D eigenvalue weighted by molar-refractivity contribution is 1.54. The maximum absolute atomic E-state index is 6.14. The van der Waals surface area contributed by atoms with E-state index in [0.29, 0.717) is 0 Å². The lowest BCUT2D eigenvalue weighted by Gasteiger charge is -1.98. The summed E-state index contributed by atoms with van der Waals surface area (Å²) in [4.78, 5) is 0. The van der Waals surface area contributed by atoms with Crippen molar-refractivity contribution >= 4 is 71.5 Å². The van der Waals surface area contributed by atoms with Crippen LogP contribution in [-0.4, -0.2) is 0 Å². The Balaban J connectivity index is 2.87. The van der Waals surface area contributed by atoms with Crippen LogP contribution in [0.4, 0.5) is 0 Å². The van der Waals surface area contributed by atoms with Crippen LogP contribution in [0.25, 0.3) is 10.1 Å². The van der Waals surface area contributed by atoms with Crippen molar-refractivity contribution < 1.29 is 0 Å². The highest BCUT2D eigenvalue weighted by molar-refractivity contribution is 14.1. The molecule has 1 heterocycles. The van der Waals surface area contributed by atoms with Crippen molar-refractivity contribution in [1.82, 2.24) is 0 Å². The first-order valence-electron chi connectivity index (χ1n) is 3.64. The topological polar surface area (TPSA) is 0 Å². The van der Waals surface area contributed by atoms with Crippen molar-refractivity contribution in [3.8, 4) is 0 Å². The molecule has 0 aliphatic heterocycles. The van der Waals surface area contributed by atoms with E-state index in [0.717, 1.165) is 10.4 Å². The average molecular weight is 387 g/mol. The second-order valence-corrected chi connectivity index (χ2v) is 5.64. The fourth-order valence-corrected chi connectivity index (χ4v) is 4.06. The molecule has 0 atom stereocenters. The number of thiophene rings is 1. The largest absolute Gasteiger partial charge is 0.142 e. The molecule has 0 nitrogen and oxygen atoms in total. The van der Waals surface area contributed by atoms with Crippen molar-refractivity contribution in [2.75, 3.05) is 0 Å². The standard InChI is InChI=1S/C9H5BrClIS/c10-3-5-4-13-9-7(12)2-1-6(11)8(5)9/h1-2,4H,3H2. The smallest absolute Gasteiger partial charge is 0.0496 e. The van der Waals surface area contributed by atoms with Gasteiger partial charge in [-0.05, 0) is 45.7 Å². The number of halogens is 3. The van der Waals surface area contributed by atoms with E-state index in [-0.39, 0.29) is 0 Å². The highest BCUT2D eigenvalue weighted by Gasteiger charge is 2.09. The Bertz CT molecular complexity index is 452. The molecule has 68 valence electrons. The molecular weight excluding hydrogens is 382 g/mol. The third-order valence-corrected chi connectivity index (χ3v) is 5.09. The van der Waals surface area contributed by atoms with Crippen molar-refractivity contribution in [2.45, 2.75) is 5.33 Å². The minimum atomic E-state index is 0.853. The molecule has 0 N–H and O–H groups in total. The predicted molar refractivity (Wildman–Crippen MR) is 72.2 cm³/mol. The van der Waals surface area contributed by atoms with Crippen molar-refractivity contribution in [1.29, 1.82) is 0 Å². The molecule has 0 aliphatic carbocycles. The van der Waals surface area contributed by atoms with E-state index >= 15 is 0 Å². The summed E-state index contributed by atoms with van der Waals surface area (Å²) in [5, 5.41) is 5.09. The van der Waals surface area contributed by atoms with Crippen LogP contribution in [0.1, 0.15) is 5.56 Å². The normalized spacial score (nSPS) is 11.0. The summed E-state index contributed by atoms with van der Waals surface area (Å²) in [7, 11) is 0. The van der Waals surface area contributed by atoms with Gasteiger partial charge in [0.15, 0.2) is 0 Å². The minimum absolute atomic E-state index is 0.853. The zero-order valence-electron chi connectivity index (χ0n) is 6.48. The number of benzene rings is 1. The summed E-state index contributed by atoms with van der Waals surface area (Å²) in [5.41, 5.74) is 1.28. The maximum atomic E-state index is 6.14. The molecule has 0 unspecified atom stereocenters. The van der Waals surface area contributed by atoms with Gasteiger partial charge in [-0.3, -0.25) is 0 Å². The number of alkyl halides is 1. The Labute approximate surface area is 108 Å². The van der Waals surface area contributed by atoms with Gasteiger partial charge in [0, 0.05) is 24.0 Å². The Kier molecular flexibility index (Phi) is 3.18. The third kappa shape index (κ3) is 1.76. The molecule has 0 radical (unpaired) electrons. The zero-order valence-corrected chi connectivity index (χ0v) is 11.8. The molecule has 0 spiro atoms. The van der Waals surface area contributed by atoms with Crippen LogP contribution in [-0.2, 0) is 5.33 Å². The van der Waals surface area contributed by atoms with Gasteiger partial charge in [0.2, 0.25) is 0 Å². The fourth-order valence-electron chi connectivity index (χ4n) is 1.23. The molecule has 0 saturated carbocycles.